The number of esters is 1. The molecule has 1 N–H and O–H groups in total. The van der Waals surface area contributed by atoms with Crippen LogP contribution in [0.25, 0.3) is 5.57 Å². The third-order valence-electron chi connectivity index (χ3n) is 4.77. The lowest BCUT2D eigenvalue weighted by Crippen LogP contribution is -2.43. The molecule has 1 heterocycles. The molecule has 0 amide bonds. The Bertz CT molecular complexity index is 626. The maximum Gasteiger partial charge on any atom is 0.305 e. The molecule has 0 saturated heterocycles. The third-order valence-corrected chi connectivity index (χ3v) is 4.77. The van der Waals surface area contributed by atoms with E-state index in [1.54, 1.807) is 0 Å². The van der Waals surface area contributed by atoms with Crippen molar-refractivity contribution in [3.63, 3.8) is 0 Å². The molecule has 0 fully saturated rings. The highest BCUT2D eigenvalue weighted by Gasteiger charge is 2.15. The molecule has 1 aliphatic heterocycles. The van der Waals surface area contributed by atoms with Crippen LogP contribution in [-0.4, -0.2) is 50.1 Å². The lowest BCUT2D eigenvalue weighted by atomic mass is 10.00. The zero-order chi connectivity index (χ0) is 19.3. The van der Waals surface area contributed by atoms with Crippen molar-refractivity contribution in [3.8, 4) is 0 Å². The minimum absolute atomic E-state index is 0.115. The Morgan fingerprint density at radius 1 is 1.19 bits per heavy atom. The van der Waals surface area contributed by atoms with Gasteiger partial charge in [0.1, 0.15) is 0 Å². The van der Waals surface area contributed by atoms with E-state index in [2.05, 4.69) is 58.3 Å². The molecule has 0 unspecified atom stereocenters. The van der Waals surface area contributed by atoms with Gasteiger partial charge in [0.2, 0.25) is 0 Å². The van der Waals surface area contributed by atoms with E-state index in [0.29, 0.717) is 6.42 Å². The van der Waals surface area contributed by atoms with E-state index in [-0.39, 0.29) is 5.97 Å². The SMILES string of the molecule is CCNC(=NCCCCCCC(=O)OC)N1CC=C(c2ccccc2)CC1. The molecule has 1 aromatic carbocycles. The molecule has 5 nitrogen and oxygen atoms in total. The standard InChI is InChI=1S/C22H33N3O2/c1-3-23-22(24-16-10-5-4-9-13-21(26)27-2)25-17-14-20(15-18-25)19-11-7-6-8-12-19/h6-8,11-12,14H,3-5,9-10,13,15-18H2,1-2H3,(H,23,24). The molecular weight excluding hydrogens is 338 g/mol. The molecule has 2 rings (SSSR count). The molecule has 0 atom stereocenters. The van der Waals surface area contributed by atoms with Crippen molar-refractivity contribution in [3.05, 3.63) is 42.0 Å². The number of aliphatic imine (C=N–C) groups is 1. The second-order valence-corrected chi connectivity index (χ2v) is 6.77. The minimum atomic E-state index is -0.115. The van der Waals surface area contributed by atoms with Crippen molar-refractivity contribution >= 4 is 17.5 Å². The minimum Gasteiger partial charge on any atom is -0.469 e. The maximum absolute atomic E-state index is 11.1. The van der Waals surface area contributed by atoms with E-state index < -0.39 is 0 Å². The summed E-state index contributed by atoms with van der Waals surface area (Å²) in [6.45, 7) is 5.70. The molecule has 148 valence electrons. The van der Waals surface area contributed by atoms with E-state index in [1.165, 1.54) is 18.2 Å². The van der Waals surface area contributed by atoms with Crippen LogP contribution in [0.1, 0.15) is 51.0 Å². The van der Waals surface area contributed by atoms with Crippen molar-refractivity contribution < 1.29 is 9.53 Å². The quantitative estimate of drug-likeness (QED) is 0.310. The first-order chi connectivity index (χ1) is 13.2. The number of unbranched alkanes of at least 4 members (excludes halogenated alkanes) is 3. The number of methoxy groups -OCH3 is 1. The van der Waals surface area contributed by atoms with Gasteiger partial charge in [-0.2, -0.15) is 0 Å². The summed E-state index contributed by atoms with van der Waals surface area (Å²) in [4.78, 5) is 18.2. The number of benzene rings is 1. The van der Waals surface area contributed by atoms with Gasteiger partial charge in [-0.3, -0.25) is 9.79 Å². The van der Waals surface area contributed by atoms with Crippen LogP contribution < -0.4 is 5.32 Å². The number of guanidine groups is 1. The summed E-state index contributed by atoms with van der Waals surface area (Å²) in [5, 5.41) is 3.42. The first-order valence-electron chi connectivity index (χ1n) is 10.1. The number of nitrogens with one attached hydrogen (secondary N) is 1. The van der Waals surface area contributed by atoms with Gasteiger partial charge in [-0.25, -0.2) is 0 Å². The molecule has 0 aliphatic carbocycles. The number of hydrogen-bond donors (Lipinski definition) is 1. The fraction of sp³-hybridized carbons (Fsp3) is 0.545. The smallest absolute Gasteiger partial charge is 0.305 e. The van der Waals surface area contributed by atoms with Gasteiger partial charge in [-0.05, 0) is 37.3 Å². The monoisotopic (exact) mass is 371 g/mol. The van der Waals surface area contributed by atoms with Crippen LogP contribution in [0.15, 0.2) is 41.4 Å². The van der Waals surface area contributed by atoms with E-state index >= 15 is 0 Å². The molecule has 0 spiro atoms. The van der Waals surface area contributed by atoms with Gasteiger partial charge in [0, 0.05) is 32.6 Å². The number of ether oxygens (including phenoxy) is 1. The summed E-state index contributed by atoms with van der Waals surface area (Å²) in [5.41, 5.74) is 2.75. The van der Waals surface area contributed by atoms with Crippen LogP contribution in [0.3, 0.4) is 0 Å². The highest BCUT2D eigenvalue weighted by molar-refractivity contribution is 5.81. The third kappa shape index (κ3) is 7.45. The summed E-state index contributed by atoms with van der Waals surface area (Å²) < 4.78 is 4.66. The molecular formula is C22H33N3O2. The van der Waals surface area contributed by atoms with Gasteiger partial charge in [0.05, 0.1) is 7.11 Å². The van der Waals surface area contributed by atoms with Crippen LogP contribution in [0.2, 0.25) is 0 Å². The Labute approximate surface area is 163 Å². The lowest BCUT2D eigenvalue weighted by Gasteiger charge is -2.30. The predicted octanol–water partition coefficient (Wildman–Crippen LogP) is 3.86. The second-order valence-electron chi connectivity index (χ2n) is 6.77. The summed E-state index contributed by atoms with van der Waals surface area (Å²) >= 11 is 0. The van der Waals surface area contributed by atoms with Crippen molar-refractivity contribution in [1.82, 2.24) is 10.2 Å². The van der Waals surface area contributed by atoms with Gasteiger partial charge in [-0.1, -0.05) is 49.2 Å². The molecule has 0 saturated carbocycles. The average molecular weight is 372 g/mol. The van der Waals surface area contributed by atoms with Crippen LogP contribution >= 0.6 is 0 Å². The topological polar surface area (TPSA) is 53.9 Å². The second kappa shape index (κ2) is 12.2. The fourth-order valence-corrected chi connectivity index (χ4v) is 3.22. The summed E-state index contributed by atoms with van der Waals surface area (Å²) in [6, 6.07) is 10.6. The average Bonchev–Trinajstić information content (AvgIpc) is 2.73. The molecule has 0 aromatic heterocycles. The van der Waals surface area contributed by atoms with Crippen molar-refractivity contribution in [1.29, 1.82) is 0 Å². The van der Waals surface area contributed by atoms with E-state index in [9.17, 15) is 4.79 Å². The van der Waals surface area contributed by atoms with Gasteiger partial charge in [0.25, 0.3) is 0 Å². The van der Waals surface area contributed by atoms with Gasteiger partial charge in [-0.15, -0.1) is 0 Å². The van der Waals surface area contributed by atoms with Crippen LogP contribution in [-0.2, 0) is 9.53 Å². The summed E-state index contributed by atoms with van der Waals surface area (Å²) in [5.74, 6) is 0.894. The Kier molecular flexibility index (Phi) is 9.45. The van der Waals surface area contributed by atoms with E-state index in [0.717, 1.165) is 64.2 Å². The molecule has 1 aliphatic rings. The van der Waals surface area contributed by atoms with Crippen molar-refractivity contribution in [2.75, 3.05) is 33.3 Å². The molecule has 27 heavy (non-hydrogen) atoms. The first kappa shape index (κ1) is 21.0. The molecule has 0 bridgehead atoms. The number of nitrogens with zero attached hydrogens (tertiary/aromatic N) is 2. The lowest BCUT2D eigenvalue weighted by molar-refractivity contribution is -0.140. The maximum atomic E-state index is 11.1. The number of carbonyl (C=O) groups is 1. The van der Waals surface area contributed by atoms with E-state index in [1.807, 2.05) is 0 Å². The molecule has 0 radical (unpaired) electrons. The Balaban J connectivity index is 1.77. The molecule has 1 aromatic rings. The fourth-order valence-electron chi connectivity index (χ4n) is 3.22. The van der Waals surface area contributed by atoms with Crippen LogP contribution in [0.5, 0.6) is 0 Å². The Morgan fingerprint density at radius 3 is 2.63 bits per heavy atom. The van der Waals surface area contributed by atoms with Crippen molar-refractivity contribution in [2.24, 2.45) is 4.99 Å². The highest BCUT2D eigenvalue weighted by atomic mass is 16.5. The zero-order valence-electron chi connectivity index (χ0n) is 16.7. The van der Waals surface area contributed by atoms with E-state index in [4.69, 9.17) is 4.99 Å². The van der Waals surface area contributed by atoms with Gasteiger partial charge >= 0.3 is 5.97 Å². The van der Waals surface area contributed by atoms with Crippen molar-refractivity contribution in [2.45, 2.75) is 45.4 Å². The Morgan fingerprint density at radius 2 is 1.96 bits per heavy atom. The van der Waals surface area contributed by atoms with Crippen LogP contribution in [0.4, 0.5) is 0 Å². The predicted molar refractivity (Wildman–Crippen MR) is 112 cm³/mol. The largest absolute Gasteiger partial charge is 0.469 e. The number of carbonyl (C=O) groups excluding carboxylic acids is 1. The normalized spacial score (nSPS) is 14.7. The van der Waals surface area contributed by atoms with Gasteiger partial charge in [0.15, 0.2) is 5.96 Å². The highest BCUT2D eigenvalue weighted by Crippen LogP contribution is 2.22. The first-order valence-corrected chi connectivity index (χ1v) is 10.1. The Hall–Kier alpha value is -2.30. The van der Waals surface area contributed by atoms with Crippen LogP contribution in [0, 0.1) is 0 Å². The van der Waals surface area contributed by atoms with Gasteiger partial charge < -0.3 is 15.0 Å². The number of rotatable bonds is 9. The summed E-state index contributed by atoms with van der Waals surface area (Å²) in [7, 11) is 1.44. The zero-order valence-corrected chi connectivity index (χ0v) is 16.7. The summed E-state index contributed by atoms with van der Waals surface area (Å²) in [6.07, 6.45) is 7.98. The molecule has 5 heteroatoms. The number of hydrogen-bond acceptors (Lipinski definition) is 3.